The molecule has 0 amide bonds. The van der Waals surface area contributed by atoms with Crippen molar-refractivity contribution in [3.63, 3.8) is 0 Å². The molecule has 3 nitrogen and oxygen atoms in total. The number of nitrogens with two attached hydrogens (primary N) is 1. The van der Waals surface area contributed by atoms with Crippen LogP contribution < -0.4 is 5.73 Å². The first-order valence-corrected chi connectivity index (χ1v) is 5.43. The largest absolute Gasteiger partial charge is 0.334 e. The molecule has 1 aliphatic heterocycles. The summed E-state index contributed by atoms with van der Waals surface area (Å²) in [6.07, 6.45) is 5.52. The maximum Gasteiger partial charge on any atom is 0.0951 e. The van der Waals surface area contributed by atoms with Gasteiger partial charge >= 0.3 is 0 Å². The van der Waals surface area contributed by atoms with Crippen molar-refractivity contribution in [2.75, 3.05) is 0 Å². The van der Waals surface area contributed by atoms with Crippen LogP contribution in [0.25, 0.3) is 0 Å². The fourth-order valence-electron chi connectivity index (χ4n) is 2.39. The Morgan fingerprint density at radius 2 is 2.50 bits per heavy atom. The number of aryl methyl sites for hydroxylation is 2. The minimum Gasteiger partial charge on any atom is -0.334 e. The molecule has 1 aromatic heterocycles. The fraction of sp³-hybridized carbons (Fsp3) is 0.727. The topological polar surface area (TPSA) is 43.8 Å². The van der Waals surface area contributed by atoms with Gasteiger partial charge in [0.2, 0.25) is 0 Å². The minimum atomic E-state index is 0.328. The lowest BCUT2D eigenvalue weighted by molar-refractivity contribution is 0.348. The average Bonchev–Trinajstić information content (AvgIpc) is 2.47. The van der Waals surface area contributed by atoms with Crippen LogP contribution in [0.1, 0.15) is 31.2 Å². The van der Waals surface area contributed by atoms with Gasteiger partial charge in [0, 0.05) is 18.3 Å². The molecule has 0 fully saturated rings. The van der Waals surface area contributed by atoms with E-state index in [-0.39, 0.29) is 0 Å². The Morgan fingerprint density at radius 3 is 3.21 bits per heavy atom. The standard InChI is InChI=1S/C11H19N3/c1-8(12)5-10-3-4-14-7-13-9(2)11(14)6-10/h7-8,10H,3-6,12H2,1-2H3. The Labute approximate surface area is 85.3 Å². The van der Waals surface area contributed by atoms with Crippen LogP contribution in [0, 0.1) is 12.8 Å². The first-order chi connectivity index (χ1) is 6.66. The van der Waals surface area contributed by atoms with Crippen LogP contribution in [-0.4, -0.2) is 15.6 Å². The number of fused-ring (bicyclic) bond motifs is 1. The Hall–Kier alpha value is -0.830. The van der Waals surface area contributed by atoms with Crippen molar-refractivity contribution in [3.05, 3.63) is 17.7 Å². The zero-order valence-corrected chi connectivity index (χ0v) is 9.03. The van der Waals surface area contributed by atoms with E-state index in [9.17, 15) is 0 Å². The van der Waals surface area contributed by atoms with Gasteiger partial charge < -0.3 is 10.3 Å². The number of hydrogen-bond acceptors (Lipinski definition) is 2. The lowest BCUT2D eigenvalue weighted by atomic mass is 9.90. The molecule has 0 aliphatic carbocycles. The molecule has 2 atom stereocenters. The van der Waals surface area contributed by atoms with Crippen LogP contribution in [-0.2, 0) is 13.0 Å². The van der Waals surface area contributed by atoms with Crippen LogP contribution >= 0.6 is 0 Å². The van der Waals surface area contributed by atoms with E-state index in [1.807, 2.05) is 6.33 Å². The SMILES string of the molecule is Cc1ncn2c1CC(CC(C)N)CC2. The van der Waals surface area contributed by atoms with Crippen molar-refractivity contribution in [2.45, 2.75) is 45.7 Å². The molecule has 0 bridgehead atoms. The van der Waals surface area contributed by atoms with Gasteiger partial charge in [-0.25, -0.2) is 4.98 Å². The summed E-state index contributed by atoms with van der Waals surface area (Å²) in [4.78, 5) is 4.34. The molecule has 2 unspecified atom stereocenters. The molecule has 2 rings (SSSR count). The summed E-state index contributed by atoms with van der Waals surface area (Å²) in [6, 6.07) is 0.328. The van der Waals surface area contributed by atoms with Gasteiger partial charge in [0.05, 0.1) is 12.0 Å². The first kappa shape index (κ1) is 9.71. The molecule has 0 aromatic carbocycles. The second kappa shape index (κ2) is 3.73. The summed E-state index contributed by atoms with van der Waals surface area (Å²) in [5.74, 6) is 0.762. The molecule has 3 heteroatoms. The molecule has 0 spiro atoms. The molecule has 0 saturated carbocycles. The van der Waals surface area contributed by atoms with E-state index in [0.717, 1.165) is 25.3 Å². The molecule has 0 saturated heterocycles. The zero-order valence-electron chi connectivity index (χ0n) is 9.03. The third kappa shape index (κ3) is 1.82. The lowest BCUT2D eigenvalue weighted by Crippen LogP contribution is -2.25. The Bertz CT molecular complexity index is 314. The van der Waals surface area contributed by atoms with Crippen LogP contribution in [0.2, 0.25) is 0 Å². The van der Waals surface area contributed by atoms with Crippen molar-refractivity contribution in [1.29, 1.82) is 0 Å². The number of aromatic nitrogens is 2. The first-order valence-electron chi connectivity index (χ1n) is 5.43. The maximum absolute atomic E-state index is 5.83. The Kier molecular flexibility index (Phi) is 2.59. The second-order valence-corrected chi connectivity index (χ2v) is 4.54. The minimum absolute atomic E-state index is 0.328. The zero-order chi connectivity index (χ0) is 10.1. The molecular formula is C11H19N3. The highest BCUT2D eigenvalue weighted by Crippen LogP contribution is 2.25. The normalized spacial score (nSPS) is 23.2. The van der Waals surface area contributed by atoms with Gasteiger partial charge in [-0.15, -0.1) is 0 Å². The summed E-state index contributed by atoms with van der Waals surface area (Å²) in [5.41, 5.74) is 8.45. The highest BCUT2D eigenvalue weighted by atomic mass is 15.1. The second-order valence-electron chi connectivity index (χ2n) is 4.54. The number of hydrogen-bond donors (Lipinski definition) is 1. The molecule has 78 valence electrons. The monoisotopic (exact) mass is 193 g/mol. The summed E-state index contributed by atoms with van der Waals surface area (Å²) >= 11 is 0. The van der Waals surface area contributed by atoms with Crippen molar-refractivity contribution in [3.8, 4) is 0 Å². The predicted molar refractivity (Wildman–Crippen MR) is 57.0 cm³/mol. The Balaban J connectivity index is 2.08. The fourth-order valence-corrected chi connectivity index (χ4v) is 2.39. The molecule has 1 aliphatic rings. The quantitative estimate of drug-likeness (QED) is 0.773. The number of imidazole rings is 1. The van der Waals surface area contributed by atoms with Gasteiger partial charge in [-0.3, -0.25) is 0 Å². The van der Waals surface area contributed by atoms with Gasteiger partial charge in [-0.2, -0.15) is 0 Å². The van der Waals surface area contributed by atoms with E-state index in [1.54, 1.807) is 0 Å². The maximum atomic E-state index is 5.83. The van der Waals surface area contributed by atoms with Gasteiger partial charge in [-0.1, -0.05) is 0 Å². The van der Waals surface area contributed by atoms with Crippen LogP contribution in [0.5, 0.6) is 0 Å². The lowest BCUT2D eigenvalue weighted by Gasteiger charge is -2.25. The average molecular weight is 193 g/mol. The molecule has 2 N–H and O–H groups in total. The molecule has 14 heavy (non-hydrogen) atoms. The van der Waals surface area contributed by atoms with Gasteiger partial charge in [0.25, 0.3) is 0 Å². The number of nitrogens with zero attached hydrogens (tertiary/aromatic N) is 2. The van der Waals surface area contributed by atoms with Gasteiger partial charge in [-0.05, 0) is 39.0 Å². The van der Waals surface area contributed by atoms with E-state index < -0.39 is 0 Å². The van der Waals surface area contributed by atoms with Gasteiger partial charge in [0.1, 0.15) is 0 Å². The highest BCUT2D eigenvalue weighted by molar-refractivity contribution is 5.13. The highest BCUT2D eigenvalue weighted by Gasteiger charge is 2.21. The third-order valence-corrected chi connectivity index (χ3v) is 3.12. The predicted octanol–water partition coefficient (Wildman–Crippen LogP) is 1.49. The summed E-state index contributed by atoms with van der Waals surface area (Å²) in [7, 11) is 0. The van der Waals surface area contributed by atoms with Crippen molar-refractivity contribution in [1.82, 2.24) is 9.55 Å². The Morgan fingerprint density at radius 1 is 1.71 bits per heavy atom. The summed E-state index contributed by atoms with van der Waals surface area (Å²) < 4.78 is 2.28. The smallest absolute Gasteiger partial charge is 0.0951 e. The third-order valence-electron chi connectivity index (χ3n) is 3.12. The molecule has 1 aromatic rings. The van der Waals surface area contributed by atoms with E-state index in [4.69, 9.17) is 5.73 Å². The van der Waals surface area contributed by atoms with E-state index in [1.165, 1.54) is 17.8 Å². The van der Waals surface area contributed by atoms with Gasteiger partial charge in [0.15, 0.2) is 0 Å². The molecule has 0 radical (unpaired) electrons. The van der Waals surface area contributed by atoms with Crippen LogP contribution in [0.15, 0.2) is 6.33 Å². The van der Waals surface area contributed by atoms with E-state index in [2.05, 4.69) is 23.4 Å². The molecular weight excluding hydrogens is 174 g/mol. The van der Waals surface area contributed by atoms with Crippen molar-refractivity contribution >= 4 is 0 Å². The van der Waals surface area contributed by atoms with Crippen molar-refractivity contribution in [2.24, 2.45) is 11.7 Å². The summed E-state index contributed by atoms with van der Waals surface area (Å²) in [6.45, 7) is 5.31. The van der Waals surface area contributed by atoms with Crippen LogP contribution in [0.3, 0.4) is 0 Å². The van der Waals surface area contributed by atoms with E-state index >= 15 is 0 Å². The summed E-state index contributed by atoms with van der Waals surface area (Å²) in [5, 5.41) is 0. The number of rotatable bonds is 2. The van der Waals surface area contributed by atoms with Crippen molar-refractivity contribution < 1.29 is 0 Å². The van der Waals surface area contributed by atoms with Crippen LogP contribution in [0.4, 0.5) is 0 Å². The van der Waals surface area contributed by atoms with E-state index in [0.29, 0.717) is 6.04 Å². The molecule has 2 heterocycles.